The molecule has 0 atom stereocenters. The number of fused-ring (bicyclic) bond motifs is 2. The van der Waals surface area contributed by atoms with Gasteiger partial charge in [-0.05, 0) is 86.3 Å². The van der Waals surface area contributed by atoms with Crippen molar-refractivity contribution in [3.8, 4) is 55.9 Å². The fraction of sp³-hybridized carbons (Fsp3) is 0. The van der Waals surface area contributed by atoms with Gasteiger partial charge in [0.1, 0.15) is 0 Å². The first-order valence-electron chi connectivity index (χ1n) is 14.6. The largest absolute Gasteiger partial charge is 0.265 e. The van der Waals surface area contributed by atoms with Gasteiger partial charge in [0, 0.05) is 59.4 Å². The van der Waals surface area contributed by atoms with E-state index in [-0.39, 0.29) is 0 Å². The van der Waals surface area contributed by atoms with Crippen molar-refractivity contribution in [3.63, 3.8) is 0 Å². The molecule has 0 aliphatic heterocycles. The molecule has 0 fully saturated rings. The second-order valence-corrected chi connectivity index (χ2v) is 10.8. The standard InChI is InChI=1S/C40H26N4/c1-2-6-27(7-3-1)30-10-13-35-36(24-30)40(38-15-12-32(26-44-38)29-18-22-42-23-19-29)34-9-5-4-8-33(34)39(35)37-14-11-31(25-43-37)28-16-20-41-21-17-28/h1-26H. The van der Waals surface area contributed by atoms with E-state index < -0.39 is 0 Å². The zero-order valence-corrected chi connectivity index (χ0v) is 23.8. The lowest BCUT2D eigenvalue weighted by Gasteiger charge is -2.18. The van der Waals surface area contributed by atoms with Crippen LogP contribution in [0.3, 0.4) is 0 Å². The number of benzene rings is 4. The lowest BCUT2D eigenvalue weighted by Crippen LogP contribution is -1.94. The fourth-order valence-corrected chi connectivity index (χ4v) is 6.05. The van der Waals surface area contributed by atoms with Crippen LogP contribution in [0.15, 0.2) is 159 Å². The quantitative estimate of drug-likeness (QED) is 0.196. The molecule has 0 aliphatic carbocycles. The maximum atomic E-state index is 5.03. The third-order valence-corrected chi connectivity index (χ3v) is 8.20. The van der Waals surface area contributed by atoms with E-state index in [0.717, 1.165) is 71.9 Å². The molecule has 0 N–H and O–H groups in total. The lowest BCUT2D eigenvalue weighted by molar-refractivity contribution is 1.30. The summed E-state index contributed by atoms with van der Waals surface area (Å²) in [4.78, 5) is 18.4. The highest BCUT2D eigenvalue weighted by Gasteiger charge is 2.19. The average Bonchev–Trinajstić information content (AvgIpc) is 3.12. The molecule has 0 radical (unpaired) electrons. The molecule has 4 aromatic carbocycles. The molecular weight excluding hydrogens is 536 g/mol. The lowest BCUT2D eigenvalue weighted by atomic mass is 9.87. The maximum absolute atomic E-state index is 5.03. The second-order valence-electron chi connectivity index (χ2n) is 10.8. The monoisotopic (exact) mass is 562 g/mol. The first-order valence-corrected chi connectivity index (χ1v) is 14.6. The zero-order valence-electron chi connectivity index (χ0n) is 23.8. The van der Waals surface area contributed by atoms with Crippen LogP contribution < -0.4 is 0 Å². The summed E-state index contributed by atoms with van der Waals surface area (Å²) in [6.45, 7) is 0. The SMILES string of the molecule is c1ccc(-c2ccc3c(-c4ccc(-c5ccncc5)cn4)c4ccccc4c(-c4ccc(-c5ccncc5)cn4)c3c2)cc1. The number of pyridine rings is 4. The predicted octanol–water partition coefficient (Wildman–Crippen LogP) is 9.91. The molecule has 4 aromatic heterocycles. The molecular formula is C40H26N4. The molecule has 44 heavy (non-hydrogen) atoms. The van der Waals surface area contributed by atoms with Gasteiger partial charge < -0.3 is 0 Å². The number of nitrogens with zero attached hydrogens (tertiary/aromatic N) is 4. The van der Waals surface area contributed by atoms with Crippen molar-refractivity contribution in [1.82, 2.24) is 19.9 Å². The van der Waals surface area contributed by atoms with E-state index in [1.54, 1.807) is 0 Å². The molecule has 4 heteroatoms. The Balaban J connectivity index is 1.38. The van der Waals surface area contributed by atoms with Gasteiger partial charge in [-0.2, -0.15) is 0 Å². The van der Waals surface area contributed by atoms with Crippen molar-refractivity contribution in [2.45, 2.75) is 0 Å². The van der Waals surface area contributed by atoms with Gasteiger partial charge in [0.25, 0.3) is 0 Å². The number of rotatable bonds is 5. The second kappa shape index (κ2) is 11.0. The van der Waals surface area contributed by atoms with Gasteiger partial charge in [-0.15, -0.1) is 0 Å². The Labute approximate surface area is 255 Å². The summed E-state index contributed by atoms with van der Waals surface area (Å²) in [5.74, 6) is 0. The molecule has 0 bridgehead atoms. The summed E-state index contributed by atoms with van der Waals surface area (Å²) in [6, 6.07) is 42.5. The highest BCUT2D eigenvalue weighted by Crippen LogP contribution is 2.44. The van der Waals surface area contributed by atoms with Crippen LogP contribution in [0.5, 0.6) is 0 Å². The van der Waals surface area contributed by atoms with Gasteiger partial charge in [0.15, 0.2) is 0 Å². The van der Waals surface area contributed by atoms with E-state index in [0.29, 0.717) is 0 Å². The highest BCUT2D eigenvalue weighted by atomic mass is 14.7. The van der Waals surface area contributed by atoms with Gasteiger partial charge in [-0.1, -0.05) is 78.9 Å². The van der Waals surface area contributed by atoms with Crippen LogP contribution in [0.25, 0.3) is 77.4 Å². The summed E-state index contributed by atoms with van der Waals surface area (Å²) in [5, 5.41) is 4.57. The number of hydrogen-bond acceptors (Lipinski definition) is 4. The van der Waals surface area contributed by atoms with Crippen LogP contribution in [0.1, 0.15) is 0 Å². The van der Waals surface area contributed by atoms with Gasteiger partial charge in [0.2, 0.25) is 0 Å². The van der Waals surface area contributed by atoms with E-state index >= 15 is 0 Å². The molecule has 4 nitrogen and oxygen atoms in total. The topological polar surface area (TPSA) is 51.6 Å². The minimum Gasteiger partial charge on any atom is -0.265 e. The van der Waals surface area contributed by atoms with Gasteiger partial charge >= 0.3 is 0 Å². The van der Waals surface area contributed by atoms with Crippen molar-refractivity contribution in [2.24, 2.45) is 0 Å². The third kappa shape index (κ3) is 4.59. The molecule has 0 spiro atoms. The fourth-order valence-electron chi connectivity index (χ4n) is 6.05. The molecule has 0 amide bonds. The van der Waals surface area contributed by atoms with Crippen molar-refractivity contribution in [2.75, 3.05) is 0 Å². The van der Waals surface area contributed by atoms with E-state index in [1.807, 2.05) is 61.4 Å². The van der Waals surface area contributed by atoms with E-state index in [4.69, 9.17) is 9.97 Å². The van der Waals surface area contributed by atoms with Crippen molar-refractivity contribution < 1.29 is 0 Å². The summed E-state index contributed by atoms with van der Waals surface area (Å²) >= 11 is 0. The Morgan fingerprint density at radius 2 is 0.773 bits per heavy atom. The normalized spacial score (nSPS) is 11.2. The third-order valence-electron chi connectivity index (χ3n) is 8.20. The molecule has 8 rings (SSSR count). The number of aromatic nitrogens is 4. The zero-order chi connectivity index (χ0) is 29.3. The highest BCUT2D eigenvalue weighted by molar-refractivity contribution is 6.21. The van der Waals surface area contributed by atoms with Crippen LogP contribution in [-0.4, -0.2) is 19.9 Å². The first kappa shape index (κ1) is 25.7. The molecule has 206 valence electrons. The summed E-state index contributed by atoms with van der Waals surface area (Å²) in [5.41, 5.74) is 10.8. The molecule has 0 unspecified atom stereocenters. The summed E-state index contributed by atoms with van der Waals surface area (Å²) in [6.07, 6.45) is 11.2. The predicted molar refractivity (Wildman–Crippen MR) is 180 cm³/mol. The van der Waals surface area contributed by atoms with Crippen LogP contribution in [0.4, 0.5) is 0 Å². The molecule has 8 aromatic rings. The van der Waals surface area contributed by atoms with Gasteiger partial charge in [0.05, 0.1) is 11.4 Å². The summed E-state index contributed by atoms with van der Waals surface area (Å²) in [7, 11) is 0. The Kier molecular flexibility index (Phi) is 6.43. The molecule has 4 heterocycles. The first-order chi connectivity index (χ1) is 21.8. The minimum absolute atomic E-state index is 0.932. The number of hydrogen-bond donors (Lipinski definition) is 0. The van der Waals surface area contributed by atoms with Crippen molar-refractivity contribution >= 4 is 21.5 Å². The van der Waals surface area contributed by atoms with Crippen LogP contribution in [0.2, 0.25) is 0 Å². The van der Waals surface area contributed by atoms with Gasteiger partial charge in [-0.3, -0.25) is 19.9 Å². The van der Waals surface area contributed by atoms with E-state index in [9.17, 15) is 0 Å². The Morgan fingerprint density at radius 3 is 1.30 bits per heavy atom. The minimum atomic E-state index is 0.932. The van der Waals surface area contributed by atoms with Crippen LogP contribution in [-0.2, 0) is 0 Å². The Morgan fingerprint density at radius 1 is 0.318 bits per heavy atom. The molecule has 0 saturated carbocycles. The summed E-state index contributed by atoms with van der Waals surface area (Å²) < 4.78 is 0. The van der Waals surface area contributed by atoms with Crippen molar-refractivity contribution in [1.29, 1.82) is 0 Å². The van der Waals surface area contributed by atoms with Gasteiger partial charge in [-0.25, -0.2) is 0 Å². The van der Waals surface area contributed by atoms with Crippen LogP contribution in [0, 0.1) is 0 Å². The van der Waals surface area contributed by atoms with Crippen molar-refractivity contribution in [3.05, 3.63) is 159 Å². The Hall–Kier alpha value is -6.00. The average molecular weight is 563 g/mol. The Bertz CT molecular complexity index is 2230. The van der Waals surface area contributed by atoms with E-state index in [2.05, 4.69) is 107 Å². The molecule has 0 saturated heterocycles. The van der Waals surface area contributed by atoms with Crippen LogP contribution >= 0.6 is 0 Å². The smallest absolute Gasteiger partial charge is 0.0714 e. The van der Waals surface area contributed by atoms with E-state index in [1.165, 1.54) is 5.56 Å². The maximum Gasteiger partial charge on any atom is 0.0714 e. The molecule has 0 aliphatic rings.